The van der Waals surface area contributed by atoms with Crippen LogP contribution in [0.4, 0.5) is 5.69 Å². The first-order valence-corrected chi connectivity index (χ1v) is 7.21. The highest BCUT2D eigenvalue weighted by molar-refractivity contribution is 6.00. The van der Waals surface area contributed by atoms with E-state index >= 15 is 0 Å². The smallest absolute Gasteiger partial charge is 0.227 e. The number of aryl methyl sites for hydroxylation is 1. The lowest BCUT2D eigenvalue weighted by Crippen LogP contribution is -2.36. The molecule has 1 saturated heterocycles. The van der Waals surface area contributed by atoms with Gasteiger partial charge in [-0.3, -0.25) is 9.59 Å². The van der Waals surface area contributed by atoms with Crippen LogP contribution < -0.4 is 10.2 Å². The summed E-state index contributed by atoms with van der Waals surface area (Å²) in [6.07, 6.45) is 1.28. The molecule has 1 heterocycles. The van der Waals surface area contributed by atoms with E-state index in [9.17, 15) is 9.59 Å². The summed E-state index contributed by atoms with van der Waals surface area (Å²) >= 11 is 0. The largest absolute Gasteiger partial charge is 0.354 e. The van der Waals surface area contributed by atoms with Crippen molar-refractivity contribution in [2.24, 2.45) is 5.92 Å². The van der Waals surface area contributed by atoms with Gasteiger partial charge in [0.25, 0.3) is 0 Å². The van der Waals surface area contributed by atoms with Gasteiger partial charge in [-0.25, -0.2) is 0 Å². The second-order valence-corrected chi connectivity index (χ2v) is 5.59. The van der Waals surface area contributed by atoms with Gasteiger partial charge in [0, 0.05) is 24.7 Å². The molecule has 1 N–H and O–H groups in total. The zero-order chi connectivity index (χ0) is 14.7. The van der Waals surface area contributed by atoms with E-state index < -0.39 is 0 Å². The van der Waals surface area contributed by atoms with Crippen LogP contribution in [0.15, 0.2) is 24.3 Å². The Morgan fingerprint density at radius 3 is 2.55 bits per heavy atom. The molecule has 1 aromatic carbocycles. The van der Waals surface area contributed by atoms with Crippen LogP contribution in [0, 0.1) is 5.92 Å². The predicted molar refractivity (Wildman–Crippen MR) is 79.6 cm³/mol. The topological polar surface area (TPSA) is 49.4 Å². The van der Waals surface area contributed by atoms with Crippen LogP contribution >= 0.6 is 0 Å². The van der Waals surface area contributed by atoms with Crippen molar-refractivity contribution in [2.75, 3.05) is 11.4 Å². The van der Waals surface area contributed by atoms with Gasteiger partial charge in [0.15, 0.2) is 0 Å². The van der Waals surface area contributed by atoms with Crippen molar-refractivity contribution in [3.05, 3.63) is 29.8 Å². The quantitative estimate of drug-likeness (QED) is 0.914. The van der Waals surface area contributed by atoms with Crippen molar-refractivity contribution in [1.82, 2.24) is 5.32 Å². The minimum atomic E-state index is -0.240. The molecule has 20 heavy (non-hydrogen) atoms. The number of rotatable bonds is 4. The monoisotopic (exact) mass is 274 g/mol. The summed E-state index contributed by atoms with van der Waals surface area (Å²) in [5.41, 5.74) is 2.13. The number of benzene rings is 1. The molecule has 0 saturated carbocycles. The maximum absolute atomic E-state index is 12.1. The molecule has 1 aromatic rings. The van der Waals surface area contributed by atoms with Crippen molar-refractivity contribution < 1.29 is 9.59 Å². The third kappa shape index (κ3) is 3.18. The number of carbonyl (C=O) groups is 2. The lowest BCUT2D eigenvalue weighted by atomic mass is 10.1. The first kappa shape index (κ1) is 14.6. The third-order valence-electron chi connectivity index (χ3n) is 3.58. The molecule has 1 aliphatic heterocycles. The zero-order valence-electron chi connectivity index (χ0n) is 12.3. The van der Waals surface area contributed by atoms with Gasteiger partial charge < -0.3 is 10.2 Å². The molecule has 4 nitrogen and oxygen atoms in total. The van der Waals surface area contributed by atoms with Gasteiger partial charge in [-0.05, 0) is 38.0 Å². The highest BCUT2D eigenvalue weighted by atomic mass is 16.2. The standard InChI is InChI=1S/C16H22N2O2/c1-4-12-5-7-14(8-6-12)18-10-13(9-15(18)19)16(20)17-11(2)3/h5-8,11,13H,4,9-10H2,1-3H3,(H,17,20)/t13-/m0/s1. The Labute approximate surface area is 120 Å². The van der Waals surface area contributed by atoms with Crippen molar-refractivity contribution in [1.29, 1.82) is 0 Å². The Morgan fingerprint density at radius 2 is 2.00 bits per heavy atom. The van der Waals surface area contributed by atoms with Crippen LogP contribution in [-0.4, -0.2) is 24.4 Å². The van der Waals surface area contributed by atoms with Crippen LogP contribution in [0.25, 0.3) is 0 Å². The van der Waals surface area contributed by atoms with E-state index in [0.29, 0.717) is 13.0 Å². The van der Waals surface area contributed by atoms with Gasteiger partial charge in [-0.2, -0.15) is 0 Å². The van der Waals surface area contributed by atoms with Gasteiger partial charge in [0.1, 0.15) is 0 Å². The number of nitrogens with one attached hydrogen (secondary N) is 1. The molecule has 1 atom stereocenters. The van der Waals surface area contributed by atoms with Gasteiger partial charge >= 0.3 is 0 Å². The minimum Gasteiger partial charge on any atom is -0.354 e. The molecule has 0 aliphatic carbocycles. The molecular weight excluding hydrogens is 252 g/mol. The second-order valence-electron chi connectivity index (χ2n) is 5.59. The maximum Gasteiger partial charge on any atom is 0.227 e. The summed E-state index contributed by atoms with van der Waals surface area (Å²) in [5, 5.41) is 2.88. The molecule has 108 valence electrons. The summed E-state index contributed by atoms with van der Waals surface area (Å²) in [5.74, 6) is -0.241. The van der Waals surface area contributed by atoms with E-state index in [1.807, 2.05) is 38.1 Å². The highest BCUT2D eigenvalue weighted by Gasteiger charge is 2.35. The molecular formula is C16H22N2O2. The van der Waals surface area contributed by atoms with Gasteiger partial charge in [0.2, 0.25) is 11.8 Å². The fourth-order valence-corrected chi connectivity index (χ4v) is 2.45. The number of hydrogen-bond donors (Lipinski definition) is 1. The molecule has 1 fully saturated rings. The molecule has 0 bridgehead atoms. The van der Waals surface area contributed by atoms with Crippen LogP contribution in [0.3, 0.4) is 0 Å². The third-order valence-corrected chi connectivity index (χ3v) is 3.58. The fraction of sp³-hybridized carbons (Fsp3) is 0.500. The number of carbonyl (C=O) groups excluding carboxylic acids is 2. The van der Waals surface area contributed by atoms with E-state index in [1.165, 1.54) is 5.56 Å². The maximum atomic E-state index is 12.1. The summed E-state index contributed by atoms with van der Waals surface area (Å²) in [7, 11) is 0. The molecule has 4 heteroatoms. The molecule has 2 rings (SSSR count). The molecule has 1 aliphatic rings. The number of anilines is 1. The molecule has 2 amide bonds. The Morgan fingerprint density at radius 1 is 1.35 bits per heavy atom. The first-order valence-electron chi connectivity index (χ1n) is 7.21. The second kappa shape index (κ2) is 6.07. The number of hydrogen-bond acceptors (Lipinski definition) is 2. The van der Waals surface area contributed by atoms with E-state index in [2.05, 4.69) is 12.2 Å². The minimum absolute atomic E-state index is 0.0261. The molecule has 0 aromatic heterocycles. The Bertz CT molecular complexity index is 494. The molecule has 0 unspecified atom stereocenters. The van der Waals surface area contributed by atoms with Crippen molar-refractivity contribution in [3.8, 4) is 0 Å². The van der Waals surface area contributed by atoms with Gasteiger partial charge in [-0.15, -0.1) is 0 Å². The Kier molecular flexibility index (Phi) is 4.42. The summed E-state index contributed by atoms with van der Waals surface area (Å²) in [6.45, 7) is 6.43. The molecule has 0 spiro atoms. The van der Waals surface area contributed by atoms with Crippen LogP contribution in [0.1, 0.15) is 32.8 Å². The molecule has 0 radical (unpaired) electrons. The number of nitrogens with zero attached hydrogens (tertiary/aromatic N) is 1. The van der Waals surface area contributed by atoms with E-state index in [4.69, 9.17) is 0 Å². The fourth-order valence-electron chi connectivity index (χ4n) is 2.45. The Balaban J connectivity index is 2.06. The number of amides is 2. The van der Waals surface area contributed by atoms with Crippen LogP contribution in [0.2, 0.25) is 0 Å². The van der Waals surface area contributed by atoms with Gasteiger partial charge in [-0.1, -0.05) is 19.1 Å². The van der Waals surface area contributed by atoms with E-state index in [-0.39, 0.29) is 23.8 Å². The predicted octanol–water partition coefficient (Wildman–Crippen LogP) is 2.13. The highest BCUT2D eigenvalue weighted by Crippen LogP contribution is 2.25. The average molecular weight is 274 g/mol. The summed E-state index contributed by atoms with van der Waals surface area (Å²) in [4.78, 5) is 25.8. The van der Waals surface area contributed by atoms with Gasteiger partial charge in [0.05, 0.1) is 5.92 Å². The van der Waals surface area contributed by atoms with Crippen LogP contribution in [-0.2, 0) is 16.0 Å². The van der Waals surface area contributed by atoms with E-state index in [1.54, 1.807) is 4.90 Å². The van der Waals surface area contributed by atoms with Crippen molar-refractivity contribution in [3.63, 3.8) is 0 Å². The van der Waals surface area contributed by atoms with Crippen molar-refractivity contribution >= 4 is 17.5 Å². The average Bonchev–Trinajstić information content (AvgIpc) is 2.80. The van der Waals surface area contributed by atoms with Crippen molar-refractivity contribution in [2.45, 2.75) is 39.7 Å². The Hall–Kier alpha value is -1.84. The van der Waals surface area contributed by atoms with Crippen LogP contribution in [0.5, 0.6) is 0 Å². The zero-order valence-corrected chi connectivity index (χ0v) is 12.3. The normalized spacial score (nSPS) is 18.7. The summed E-state index contributed by atoms with van der Waals surface area (Å²) in [6, 6.07) is 8.09. The first-order chi connectivity index (χ1) is 9.51. The lowest BCUT2D eigenvalue weighted by Gasteiger charge is -2.17. The van der Waals surface area contributed by atoms with E-state index in [0.717, 1.165) is 12.1 Å². The lowest BCUT2D eigenvalue weighted by molar-refractivity contribution is -0.126. The summed E-state index contributed by atoms with van der Waals surface area (Å²) < 4.78 is 0. The SMILES string of the molecule is CCc1ccc(N2C[C@@H](C(=O)NC(C)C)CC2=O)cc1.